The molecule has 2 amide bonds. The van der Waals surface area contributed by atoms with E-state index in [0.717, 1.165) is 0 Å². The van der Waals surface area contributed by atoms with Crippen LogP contribution >= 0.6 is 0 Å². The van der Waals surface area contributed by atoms with Crippen molar-refractivity contribution in [2.75, 3.05) is 20.1 Å². The van der Waals surface area contributed by atoms with E-state index in [1.807, 2.05) is 6.92 Å². The third kappa shape index (κ3) is 1.66. The first kappa shape index (κ1) is 10.8. The summed E-state index contributed by atoms with van der Waals surface area (Å²) >= 11 is 0. The van der Waals surface area contributed by atoms with Crippen molar-refractivity contribution in [3.63, 3.8) is 0 Å². The molecule has 1 saturated heterocycles. The van der Waals surface area contributed by atoms with E-state index in [4.69, 9.17) is 5.11 Å². The van der Waals surface area contributed by atoms with Gasteiger partial charge in [-0.25, -0.2) is 4.79 Å². The molecule has 0 spiro atoms. The molecule has 5 heteroatoms. The van der Waals surface area contributed by atoms with Gasteiger partial charge >= 0.3 is 12.0 Å². The zero-order valence-electron chi connectivity index (χ0n) is 8.54. The van der Waals surface area contributed by atoms with Gasteiger partial charge in [0.1, 0.15) is 0 Å². The minimum atomic E-state index is -0.800. The number of carboxylic acids is 1. The fourth-order valence-electron chi connectivity index (χ4n) is 1.82. The number of hydrogen-bond donors (Lipinski definition) is 2. The molecule has 1 unspecified atom stereocenters. The average Bonchev–Trinajstić information content (AvgIpc) is 2.62. The molecule has 2 N–H and O–H groups in total. The SMILES string of the molecule is CCC1(C(=O)O)CCN(C(=O)NC)C1. The molecule has 1 fully saturated rings. The summed E-state index contributed by atoms with van der Waals surface area (Å²) in [7, 11) is 1.55. The number of urea groups is 1. The highest BCUT2D eigenvalue weighted by molar-refractivity contribution is 5.79. The zero-order valence-corrected chi connectivity index (χ0v) is 8.54. The largest absolute Gasteiger partial charge is 0.481 e. The first-order valence-electron chi connectivity index (χ1n) is 4.76. The van der Waals surface area contributed by atoms with Crippen LogP contribution in [0.1, 0.15) is 19.8 Å². The summed E-state index contributed by atoms with van der Waals surface area (Å²) < 4.78 is 0. The van der Waals surface area contributed by atoms with Crippen molar-refractivity contribution in [3.05, 3.63) is 0 Å². The minimum Gasteiger partial charge on any atom is -0.481 e. The number of carbonyl (C=O) groups excluding carboxylic acids is 1. The van der Waals surface area contributed by atoms with E-state index in [-0.39, 0.29) is 6.03 Å². The third-order valence-electron chi connectivity index (χ3n) is 2.99. The maximum Gasteiger partial charge on any atom is 0.317 e. The van der Waals surface area contributed by atoms with E-state index in [9.17, 15) is 9.59 Å². The van der Waals surface area contributed by atoms with Crippen LogP contribution in [0.3, 0.4) is 0 Å². The topological polar surface area (TPSA) is 69.6 Å². The Morgan fingerprint density at radius 2 is 2.21 bits per heavy atom. The number of nitrogens with zero attached hydrogens (tertiary/aromatic N) is 1. The summed E-state index contributed by atoms with van der Waals surface area (Å²) in [5.74, 6) is -0.800. The Kier molecular flexibility index (Phi) is 2.98. The van der Waals surface area contributed by atoms with Crippen molar-refractivity contribution >= 4 is 12.0 Å². The van der Waals surface area contributed by atoms with E-state index in [0.29, 0.717) is 25.9 Å². The summed E-state index contributed by atoms with van der Waals surface area (Å²) in [6, 6.07) is -0.193. The molecule has 0 aromatic rings. The molecular formula is C9H16N2O3. The number of carboxylic acid groups (broad SMARTS) is 1. The molecule has 80 valence electrons. The first-order chi connectivity index (χ1) is 6.55. The van der Waals surface area contributed by atoms with Crippen molar-refractivity contribution in [2.45, 2.75) is 19.8 Å². The Morgan fingerprint density at radius 1 is 1.57 bits per heavy atom. The van der Waals surface area contributed by atoms with E-state index in [2.05, 4.69) is 5.32 Å². The van der Waals surface area contributed by atoms with Crippen LogP contribution in [0.25, 0.3) is 0 Å². The molecule has 0 aromatic heterocycles. The number of amides is 2. The molecule has 14 heavy (non-hydrogen) atoms. The molecule has 1 aliphatic rings. The van der Waals surface area contributed by atoms with Crippen molar-refractivity contribution in [1.82, 2.24) is 10.2 Å². The second-order valence-electron chi connectivity index (χ2n) is 3.67. The zero-order chi connectivity index (χ0) is 10.8. The van der Waals surface area contributed by atoms with Gasteiger partial charge in [-0.15, -0.1) is 0 Å². The third-order valence-corrected chi connectivity index (χ3v) is 2.99. The number of hydrogen-bond acceptors (Lipinski definition) is 2. The smallest absolute Gasteiger partial charge is 0.317 e. The molecule has 1 rings (SSSR count). The van der Waals surface area contributed by atoms with Gasteiger partial charge in [0.25, 0.3) is 0 Å². The van der Waals surface area contributed by atoms with Gasteiger partial charge in [-0.1, -0.05) is 6.92 Å². The van der Waals surface area contributed by atoms with Crippen LogP contribution in [0.2, 0.25) is 0 Å². The number of rotatable bonds is 2. The highest BCUT2D eigenvalue weighted by Gasteiger charge is 2.44. The Morgan fingerprint density at radius 3 is 2.57 bits per heavy atom. The molecule has 1 atom stereocenters. The predicted octanol–water partition coefficient (Wildman–Crippen LogP) is 0.512. The van der Waals surface area contributed by atoms with Crippen molar-refractivity contribution in [2.24, 2.45) is 5.41 Å². The second-order valence-corrected chi connectivity index (χ2v) is 3.67. The normalized spacial score (nSPS) is 26.3. The van der Waals surface area contributed by atoms with E-state index in [1.165, 1.54) is 0 Å². The summed E-state index contributed by atoms with van der Waals surface area (Å²) in [6.45, 7) is 2.69. The average molecular weight is 200 g/mol. The highest BCUT2D eigenvalue weighted by atomic mass is 16.4. The standard InChI is InChI=1S/C9H16N2O3/c1-3-9(7(12)13)4-5-11(6-9)8(14)10-2/h3-6H2,1-2H3,(H,10,14)(H,12,13). The quantitative estimate of drug-likeness (QED) is 0.682. The predicted molar refractivity (Wildman–Crippen MR) is 51.0 cm³/mol. The van der Waals surface area contributed by atoms with Gasteiger partial charge in [0.2, 0.25) is 0 Å². The fourth-order valence-corrected chi connectivity index (χ4v) is 1.82. The molecule has 1 aliphatic heterocycles. The Balaban J connectivity index is 2.71. The van der Waals surface area contributed by atoms with Gasteiger partial charge < -0.3 is 15.3 Å². The lowest BCUT2D eigenvalue weighted by atomic mass is 9.84. The van der Waals surface area contributed by atoms with Gasteiger partial charge in [-0.05, 0) is 12.8 Å². The van der Waals surface area contributed by atoms with Crippen molar-refractivity contribution in [1.29, 1.82) is 0 Å². The van der Waals surface area contributed by atoms with Crippen LogP contribution < -0.4 is 5.32 Å². The van der Waals surface area contributed by atoms with Crippen LogP contribution in [-0.2, 0) is 4.79 Å². The lowest BCUT2D eigenvalue weighted by Crippen LogP contribution is -2.40. The Labute approximate surface area is 83.1 Å². The first-order valence-corrected chi connectivity index (χ1v) is 4.76. The van der Waals surface area contributed by atoms with Gasteiger partial charge in [0.05, 0.1) is 5.41 Å². The molecule has 0 saturated carbocycles. The number of carbonyl (C=O) groups is 2. The van der Waals surface area contributed by atoms with Gasteiger partial charge in [0.15, 0.2) is 0 Å². The van der Waals surface area contributed by atoms with Crippen LogP contribution in [0.5, 0.6) is 0 Å². The number of nitrogens with one attached hydrogen (secondary N) is 1. The van der Waals surface area contributed by atoms with E-state index < -0.39 is 11.4 Å². The van der Waals surface area contributed by atoms with Crippen LogP contribution in [0, 0.1) is 5.41 Å². The lowest BCUT2D eigenvalue weighted by Gasteiger charge is -2.22. The molecule has 5 nitrogen and oxygen atoms in total. The maximum absolute atomic E-state index is 11.3. The minimum absolute atomic E-state index is 0.193. The number of aliphatic carboxylic acids is 1. The molecule has 0 bridgehead atoms. The summed E-state index contributed by atoms with van der Waals surface area (Å²) in [5.41, 5.74) is -0.730. The molecule has 0 aliphatic carbocycles. The summed E-state index contributed by atoms with van der Waals surface area (Å²) in [4.78, 5) is 23.9. The van der Waals surface area contributed by atoms with Gasteiger partial charge in [0, 0.05) is 20.1 Å². The maximum atomic E-state index is 11.3. The van der Waals surface area contributed by atoms with Crippen molar-refractivity contribution < 1.29 is 14.7 Å². The second kappa shape index (κ2) is 3.86. The van der Waals surface area contributed by atoms with Crippen LogP contribution in [-0.4, -0.2) is 42.1 Å². The van der Waals surface area contributed by atoms with Crippen molar-refractivity contribution in [3.8, 4) is 0 Å². The molecular weight excluding hydrogens is 184 g/mol. The molecule has 0 radical (unpaired) electrons. The Bertz CT molecular complexity index is 254. The van der Waals surface area contributed by atoms with Gasteiger partial charge in [-0.2, -0.15) is 0 Å². The fraction of sp³-hybridized carbons (Fsp3) is 0.778. The summed E-state index contributed by atoms with van der Waals surface area (Å²) in [6.07, 6.45) is 1.11. The molecule has 0 aromatic carbocycles. The number of likely N-dealkylation sites (tertiary alicyclic amines) is 1. The summed E-state index contributed by atoms with van der Waals surface area (Å²) in [5, 5.41) is 11.6. The van der Waals surface area contributed by atoms with E-state index >= 15 is 0 Å². The molecule has 1 heterocycles. The van der Waals surface area contributed by atoms with Gasteiger partial charge in [-0.3, -0.25) is 4.79 Å². The highest BCUT2D eigenvalue weighted by Crippen LogP contribution is 2.33. The van der Waals surface area contributed by atoms with Crippen LogP contribution in [0.15, 0.2) is 0 Å². The van der Waals surface area contributed by atoms with E-state index in [1.54, 1.807) is 11.9 Å². The monoisotopic (exact) mass is 200 g/mol. The van der Waals surface area contributed by atoms with Crippen LogP contribution in [0.4, 0.5) is 4.79 Å². The lowest BCUT2D eigenvalue weighted by molar-refractivity contribution is -0.148. The Hall–Kier alpha value is -1.26.